The molecule has 4 rings (SSSR count). The maximum atomic E-state index is 13.4. The van der Waals surface area contributed by atoms with E-state index in [-0.39, 0.29) is 40.4 Å². The van der Waals surface area contributed by atoms with Crippen LogP contribution in [0.15, 0.2) is 35.3 Å². The van der Waals surface area contributed by atoms with E-state index in [2.05, 4.69) is 41.2 Å². The van der Waals surface area contributed by atoms with Gasteiger partial charge in [-0.05, 0) is 35.9 Å². The van der Waals surface area contributed by atoms with Crippen LogP contribution in [0.5, 0.6) is 0 Å². The standard InChI is InChI=1S/C25H23Cl2F4N7O4/c1-42-20(40)7-16(11-2-13(25(29,30)31)6-14(26)3-11)35-19(39)10-32-23(41)12-4-17(21-18(5-12)37-38-22(21)27)36-24-33-8-15(28)9-34-24/h2-6,15-16H,7-10H2,1H3,(H,32,41)(H,35,39)(H,37,38)(H2,33,34,36). The van der Waals surface area contributed by atoms with Gasteiger partial charge < -0.3 is 26.0 Å². The zero-order chi connectivity index (χ0) is 30.6. The Hall–Kier alpha value is -4.11. The molecule has 1 aliphatic heterocycles. The van der Waals surface area contributed by atoms with Crippen molar-refractivity contribution in [1.29, 1.82) is 0 Å². The minimum absolute atomic E-state index is 0.0348. The fraction of sp³-hybridized carbons (Fsp3) is 0.320. The number of H-pyrrole nitrogens is 1. The topological polar surface area (TPSA) is 150 Å². The number of rotatable bonds is 8. The first kappa shape index (κ1) is 30.8. The molecule has 0 radical (unpaired) electrons. The van der Waals surface area contributed by atoms with E-state index < -0.39 is 54.7 Å². The van der Waals surface area contributed by atoms with E-state index in [0.717, 1.165) is 13.2 Å². The molecule has 0 saturated heterocycles. The van der Waals surface area contributed by atoms with Crippen LogP contribution in [0.2, 0.25) is 10.2 Å². The molecule has 1 aliphatic rings. The number of amides is 2. The molecule has 11 nitrogen and oxygen atoms in total. The molecule has 42 heavy (non-hydrogen) atoms. The number of anilines is 1. The molecule has 2 amide bonds. The first-order valence-corrected chi connectivity index (χ1v) is 13.0. The monoisotopic (exact) mass is 631 g/mol. The second-order valence-electron chi connectivity index (χ2n) is 9.11. The highest BCUT2D eigenvalue weighted by Crippen LogP contribution is 2.34. The summed E-state index contributed by atoms with van der Waals surface area (Å²) in [5.41, 5.74) is -0.382. The van der Waals surface area contributed by atoms with Crippen molar-refractivity contribution in [3.05, 3.63) is 57.2 Å². The number of hydrogen-bond acceptors (Lipinski definition) is 8. The summed E-state index contributed by atoms with van der Waals surface area (Å²) < 4.78 is 58.0. The van der Waals surface area contributed by atoms with Crippen molar-refractivity contribution >= 4 is 63.5 Å². The van der Waals surface area contributed by atoms with E-state index in [1.807, 2.05) is 0 Å². The summed E-state index contributed by atoms with van der Waals surface area (Å²) in [6.07, 6.45) is -6.37. The van der Waals surface area contributed by atoms with Crippen molar-refractivity contribution in [3.8, 4) is 0 Å². The highest BCUT2D eigenvalue weighted by atomic mass is 35.5. The highest BCUT2D eigenvalue weighted by Gasteiger charge is 2.32. The Morgan fingerprint density at radius 2 is 1.93 bits per heavy atom. The molecule has 2 unspecified atom stereocenters. The van der Waals surface area contributed by atoms with Crippen molar-refractivity contribution in [2.24, 2.45) is 4.99 Å². The van der Waals surface area contributed by atoms with E-state index in [9.17, 15) is 31.9 Å². The van der Waals surface area contributed by atoms with Gasteiger partial charge in [-0.3, -0.25) is 19.5 Å². The van der Waals surface area contributed by atoms with Crippen LogP contribution < -0.4 is 21.3 Å². The molecule has 17 heteroatoms. The lowest BCUT2D eigenvalue weighted by molar-refractivity contribution is -0.141. The molecule has 2 heterocycles. The number of fused-ring (bicyclic) bond motifs is 1. The second kappa shape index (κ2) is 12.8. The van der Waals surface area contributed by atoms with Crippen LogP contribution in [0, 0.1) is 0 Å². The maximum Gasteiger partial charge on any atom is 0.416 e. The highest BCUT2D eigenvalue weighted by molar-refractivity contribution is 6.35. The van der Waals surface area contributed by atoms with Crippen LogP contribution in [0.4, 0.5) is 23.2 Å². The third-order valence-electron chi connectivity index (χ3n) is 6.07. The Labute approximate surface area is 245 Å². The van der Waals surface area contributed by atoms with E-state index >= 15 is 0 Å². The Morgan fingerprint density at radius 1 is 1.17 bits per heavy atom. The number of alkyl halides is 4. The summed E-state index contributed by atoms with van der Waals surface area (Å²) in [6, 6.07) is 4.27. The van der Waals surface area contributed by atoms with Crippen molar-refractivity contribution in [2.75, 3.05) is 32.1 Å². The average Bonchev–Trinajstić information content (AvgIpc) is 3.32. The third-order valence-corrected chi connectivity index (χ3v) is 6.56. The number of esters is 1. The van der Waals surface area contributed by atoms with Gasteiger partial charge in [0.25, 0.3) is 5.91 Å². The minimum Gasteiger partial charge on any atom is -0.469 e. The molecule has 5 N–H and O–H groups in total. The van der Waals surface area contributed by atoms with Gasteiger partial charge in [0.05, 0.1) is 61.4 Å². The third kappa shape index (κ3) is 7.59. The lowest BCUT2D eigenvalue weighted by Crippen LogP contribution is -2.41. The molecular formula is C25H23Cl2F4N7O4. The zero-order valence-electron chi connectivity index (χ0n) is 21.7. The summed E-state index contributed by atoms with van der Waals surface area (Å²) in [7, 11) is 1.09. The molecule has 0 aliphatic carbocycles. The number of carbonyl (C=O) groups excluding carboxylic acids is 3. The normalized spacial score (nSPS) is 15.8. The number of aromatic amines is 1. The van der Waals surface area contributed by atoms with Crippen LogP contribution >= 0.6 is 23.2 Å². The Bertz CT molecular complexity index is 1550. The number of nitrogens with one attached hydrogen (secondary N) is 5. The van der Waals surface area contributed by atoms with E-state index in [1.54, 1.807) is 0 Å². The van der Waals surface area contributed by atoms with E-state index in [0.29, 0.717) is 22.7 Å². The molecule has 1 aromatic heterocycles. The number of ether oxygens (including phenoxy) is 1. The number of hydrogen-bond donors (Lipinski definition) is 5. The molecule has 0 fully saturated rings. The largest absolute Gasteiger partial charge is 0.469 e. The molecule has 2 aromatic carbocycles. The lowest BCUT2D eigenvalue weighted by atomic mass is 10.0. The Morgan fingerprint density at radius 3 is 2.60 bits per heavy atom. The number of carbonyl (C=O) groups is 3. The predicted molar refractivity (Wildman–Crippen MR) is 146 cm³/mol. The maximum absolute atomic E-state index is 13.4. The van der Waals surface area contributed by atoms with Crippen LogP contribution in [-0.2, 0) is 20.5 Å². The number of aromatic nitrogens is 2. The van der Waals surface area contributed by atoms with Gasteiger partial charge in [-0.15, -0.1) is 0 Å². The SMILES string of the molecule is COC(=O)CC(NC(=O)CNC(=O)c1cc(NC2=NCC(F)CN2)c2c(Cl)n[nH]c2c1)c1cc(Cl)cc(C(F)(F)F)c1. The number of aliphatic imine (C=N–C) groups is 1. The molecular weight excluding hydrogens is 609 g/mol. The van der Waals surface area contributed by atoms with E-state index in [4.69, 9.17) is 23.2 Å². The fourth-order valence-corrected chi connectivity index (χ4v) is 4.55. The lowest BCUT2D eigenvalue weighted by Gasteiger charge is -2.20. The van der Waals surface area contributed by atoms with Crippen molar-refractivity contribution < 1.29 is 36.7 Å². The summed E-state index contributed by atoms with van der Waals surface area (Å²) in [5.74, 6) is -2.06. The molecule has 0 saturated carbocycles. The van der Waals surface area contributed by atoms with Gasteiger partial charge in [-0.1, -0.05) is 23.2 Å². The molecule has 2 atom stereocenters. The number of halogens is 6. The molecule has 224 valence electrons. The summed E-state index contributed by atoms with van der Waals surface area (Å²) >= 11 is 12.1. The van der Waals surface area contributed by atoms with Gasteiger partial charge in [0.15, 0.2) is 11.1 Å². The zero-order valence-corrected chi connectivity index (χ0v) is 23.2. The first-order chi connectivity index (χ1) is 19.8. The van der Waals surface area contributed by atoms with Crippen LogP contribution in [0.25, 0.3) is 10.9 Å². The quantitative estimate of drug-likeness (QED) is 0.188. The summed E-state index contributed by atoms with van der Waals surface area (Å²) in [4.78, 5) is 41.7. The Kier molecular flexibility index (Phi) is 9.41. The van der Waals surface area contributed by atoms with Gasteiger partial charge in [0, 0.05) is 10.6 Å². The smallest absolute Gasteiger partial charge is 0.416 e. The predicted octanol–water partition coefficient (Wildman–Crippen LogP) is 3.75. The second-order valence-corrected chi connectivity index (χ2v) is 9.90. The fourth-order valence-electron chi connectivity index (χ4n) is 4.06. The average molecular weight is 632 g/mol. The molecule has 0 spiro atoms. The van der Waals surface area contributed by atoms with E-state index in [1.165, 1.54) is 18.2 Å². The van der Waals surface area contributed by atoms with Gasteiger partial charge >= 0.3 is 12.1 Å². The van der Waals surface area contributed by atoms with Crippen molar-refractivity contribution in [2.45, 2.75) is 24.8 Å². The van der Waals surface area contributed by atoms with Gasteiger partial charge in [0.1, 0.15) is 6.17 Å². The van der Waals surface area contributed by atoms with Crippen molar-refractivity contribution in [3.63, 3.8) is 0 Å². The summed E-state index contributed by atoms with van der Waals surface area (Å²) in [5, 5.41) is 17.5. The number of benzene rings is 2. The van der Waals surface area contributed by atoms with Crippen LogP contribution in [0.1, 0.15) is 33.9 Å². The van der Waals surface area contributed by atoms with Crippen molar-refractivity contribution in [1.82, 2.24) is 26.1 Å². The number of methoxy groups -OCH3 is 1. The van der Waals surface area contributed by atoms with Crippen LogP contribution in [-0.4, -0.2) is 66.9 Å². The van der Waals surface area contributed by atoms with Gasteiger partial charge in [-0.25, -0.2) is 9.38 Å². The Balaban J connectivity index is 1.49. The number of nitrogens with zero attached hydrogens (tertiary/aromatic N) is 2. The molecule has 0 bridgehead atoms. The first-order valence-electron chi connectivity index (χ1n) is 12.2. The number of guanidine groups is 1. The summed E-state index contributed by atoms with van der Waals surface area (Å²) in [6.45, 7) is -0.622. The van der Waals surface area contributed by atoms with Gasteiger partial charge in [0.2, 0.25) is 5.91 Å². The minimum atomic E-state index is -4.73. The molecule has 3 aromatic rings. The van der Waals surface area contributed by atoms with Crippen LogP contribution in [0.3, 0.4) is 0 Å². The van der Waals surface area contributed by atoms with Gasteiger partial charge in [-0.2, -0.15) is 18.3 Å².